The quantitative estimate of drug-likeness (QED) is 0.0647. The Kier molecular flexibility index (Phi) is 16.3. The van der Waals surface area contributed by atoms with Gasteiger partial charge in [-0.1, -0.05) is 90.5 Å². The van der Waals surface area contributed by atoms with E-state index in [9.17, 15) is 10.2 Å². The highest BCUT2D eigenvalue weighted by Gasteiger charge is 2.23. The summed E-state index contributed by atoms with van der Waals surface area (Å²) in [5, 5.41) is 19.9. The van der Waals surface area contributed by atoms with Crippen molar-refractivity contribution in [3.63, 3.8) is 0 Å². The fourth-order valence-electron chi connectivity index (χ4n) is 6.35. The minimum atomic E-state index is -0.733. The van der Waals surface area contributed by atoms with Crippen LogP contribution in [0.1, 0.15) is 27.8 Å². The summed E-state index contributed by atoms with van der Waals surface area (Å²) < 4.78 is 43.5. The summed E-state index contributed by atoms with van der Waals surface area (Å²) in [6.45, 7) is 5.74. The van der Waals surface area contributed by atoms with E-state index in [0.29, 0.717) is 13.2 Å². The van der Waals surface area contributed by atoms with Crippen molar-refractivity contribution in [3.8, 4) is 39.9 Å². The molecule has 4 atom stereocenters. The van der Waals surface area contributed by atoms with Crippen LogP contribution in [0.5, 0.6) is 28.7 Å². The van der Waals surface area contributed by atoms with Gasteiger partial charge >= 0.3 is 0 Å². The molecule has 324 valence electrons. The molecule has 10 nitrogen and oxygen atoms in total. The summed E-state index contributed by atoms with van der Waals surface area (Å²) in [6.07, 6.45) is 0.858. The van der Waals surface area contributed by atoms with Crippen molar-refractivity contribution in [1.82, 2.24) is 0 Å². The first-order chi connectivity index (χ1) is 30.3. The third kappa shape index (κ3) is 15.2. The van der Waals surface area contributed by atoms with E-state index in [2.05, 4.69) is 55.5 Å². The third-order valence-corrected chi connectivity index (χ3v) is 10.1. The van der Waals surface area contributed by atoms with E-state index >= 15 is 0 Å². The molecule has 4 unspecified atom stereocenters. The highest BCUT2D eigenvalue weighted by molar-refractivity contribution is 5.64. The molecule has 2 aliphatic heterocycles. The van der Waals surface area contributed by atoms with Crippen LogP contribution in [-0.2, 0) is 27.1 Å². The van der Waals surface area contributed by atoms with Gasteiger partial charge in [0, 0.05) is 7.11 Å². The second-order valence-electron chi connectivity index (χ2n) is 15.5. The number of benzene rings is 6. The maximum absolute atomic E-state index is 10.3. The van der Waals surface area contributed by atoms with E-state index in [4.69, 9.17) is 37.9 Å². The molecule has 0 spiro atoms. The number of aryl methyl sites for hydroxylation is 1. The molecule has 2 N–H and O–H groups in total. The Bertz CT molecular complexity index is 2180. The van der Waals surface area contributed by atoms with Crippen molar-refractivity contribution in [2.24, 2.45) is 0 Å². The number of rotatable bonds is 22. The van der Waals surface area contributed by atoms with Crippen LogP contribution in [-0.4, -0.2) is 94.6 Å². The van der Waals surface area contributed by atoms with Gasteiger partial charge in [0.25, 0.3) is 0 Å². The van der Waals surface area contributed by atoms with Crippen LogP contribution in [0.15, 0.2) is 146 Å². The largest absolute Gasteiger partial charge is 0.491 e. The molecule has 2 saturated heterocycles. The maximum atomic E-state index is 10.3. The average molecular weight is 841 g/mol. The third-order valence-electron chi connectivity index (χ3n) is 10.1. The number of ether oxygens (including phenoxy) is 8. The molecule has 0 saturated carbocycles. The molecule has 8 rings (SSSR count). The Morgan fingerprint density at radius 1 is 0.435 bits per heavy atom. The minimum absolute atomic E-state index is 0.161. The zero-order valence-electron chi connectivity index (χ0n) is 35.4. The summed E-state index contributed by atoms with van der Waals surface area (Å²) in [6, 6.07) is 48.5. The Morgan fingerprint density at radius 3 is 1.05 bits per heavy atom. The zero-order valence-corrected chi connectivity index (χ0v) is 35.4. The average Bonchev–Trinajstić information content (AvgIpc) is 4.25. The second kappa shape index (κ2) is 22.8. The SMILES string of the molecule is COCC(O)COc1ccc(Cc2ccc(OCC3CO3)cc2)cc1.Cc1ccc(-c2ccc(OCC(O)COc3ccc(Cc4ccc(OCC5CO5)cc4)cc3)cc2)cc1. The summed E-state index contributed by atoms with van der Waals surface area (Å²) in [7, 11) is 1.55. The lowest BCUT2D eigenvalue weighted by Gasteiger charge is -2.14. The predicted octanol–water partition coefficient (Wildman–Crippen LogP) is 8.29. The lowest BCUT2D eigenvalue weighted by molar-refractivity contribution is 0.0325. The minimum Gasteiger partial charge on any atom is -0.491 e. The Morgan fingerprint density at radius 2 is 0.726 bits per heavy atom. The Balaban J connectivity index is 0.000000201. The highest BCUT2D eigenvalue weighted by Crippen LogP contribution is 2.24. The molecule has 6 aromatic rings. The predicted molar refractivity (Wildman–Crippen MR) is 239 cm³/mol. The second-order valence-corrected chi connectivity index (χ2v) is 15.5. The monoisotopic (exact) mass is 840 g/mol. The molecular weight excluding hydrogens is 785 g/mol. The fourth-order valence-corrected chi connectivity index (χ4v) is 6.35. The van der Waals surface area contributed by atoms with Gasteiger partial charge in [0.15, 0.2) is 0 Å². The van der Waals surface area contributed by atoms with Crippen molar-refractivity contribution >= 4 is 0 Å². The van der Waals surface area contributed by atoms with E-state index in [1.807, 2.05) is 97.1 Å². The van der Waals surface area contributed by atoms with E-state index < -0.39 is 12.2 Å². The van der Waals surface area contributed by atoms with Crippen LogP contribution in [0.2, 0.25) is 0 Å². The summed E-state index contributed by atoms with van der Waals surface area (Å²) in [4.78, 5) is 0. The molecule has 2 aliphatic rings. The van der Waals surface area contributed by atoms with Gasteiger partial charge in [-0.2, -0.15) is 0 Å². The van der Waals surface area contributed by atoms with Gasteiger partial charge in [0.05, 0.1) is 19.8 Å². The first-order valence-electron chi connectivity index (χ1n) is 21.1. The lowest BCUT2D eigenvalue weighted by atomic mass is 10.0. The zero-order chi connectivity index (χ0) is 42.9. The molecule has 0 radical (unpaired) electrons. The van der Waals surface area contributed by atoms with Crippen LogP contribution in [0.25, 0.3) is 11.1 Å². The first kappa shape index (κ1) is 44.2. The van der Waals surface area contributed by atoms with E-state index in [1.165, 1.54) is 33.4 Å². The van der Waals surface area contributed by atoms with Gasteiger partial charge in [0.1, 0.15) is 86.2 Å². The molecule has 0 bridgehead atoms. The molecular formula is C52H56O10. The molecule has 2 heterocycles. The van der Waals surface area contributed by atoms with Crippen LogP contribution < -0.4 is 23.7 Å². The summed E-state index contributed by atoms with van der Waals surface area (Å²) in [5.74, 6) is 3.92. The van der Waals surface area contributed by atoms with Gasteiger partial charge in [-0.05, 0) is 114 Å². The van der Waals surface area contributed by atoms with Crippen molar-refractivity contribution < 1.29 is 48.1 Å². The molecule has 0 aliphatic carbocycles. The van der Waals surface area contributed by atoms with E-state index in [-0.39, 0.29) is 38.6 Å². The normalized spacial score (nSPS) is 15.9. The standard InChI is InChI=1S/C32H32O5.C20H24O5/c1-23-2-8-26(9-3-23)27-10-16-31(17-11-27)35-20-28(33)19-34-29-12-4-24(5-13-29)18-25-6-14-30(15-7-25)36-21-32-22-37-32;1-22-11-17(21)12-23-18-6-2-15(3-7-18)10-16-4-8-19(9-5-16)24-13-20-14-25-20/h2-17,28,32-33H,18-22H2,1H3;2-9,17,20-21H,10-14H2,1H3. The number of hydrogen-bond acceptors (Lipinski definition) is 10. The summed E-state index contributed by atoms with van der Waals surface area (Å²) in [5.41, 5.74) is 8.35. The highest BCUT2D eigenvalue weighted by atomic mass is 16.6. The van der Waals surface area contributed by atoms with Gasteiger partial charge in [-0.25, -0.2) is 0 Å². The van der Waals surface area contributed by atoms with Crippen molar-refractivity contribution in [3.05, 3.63) is 173 Å². The number of hydrogen-bond donors (Lipinski definition) is 2. The Labute approximate surface area is 364 Å². The molecule has 6 aromatic carbocycles. The first-order valence-corrected chi connectivity index (χ1v) is 21.1. The molecule has 10 heteroatoms. The number of epoxide rings is 2. The number of aliphatic hydroxyl groups excluding tert-OH is 2. The fraction of sp³-hybridized carbons (Fsp3) is 0.308. The smallest absolute Gasteiger partial charge is 0.122 e. The van der Waals surface area contributed by atoms with Gasteiger partial charge < -0.3 is 48.1 Å². The Hall–Kier alpha value is -5.88. The van der Waals surface area contributed by atoms with Crippen LogP contribution in [0.4, 0.5) is 0 Å². The van der Waals surface area contributed by atoms with Gasteiger partial charge in [-0.15, -0.1) is 0 Å². The van der Waals surface area contributed by atoms with Crippen molar-refractivity contribution in [1.29, 1.82) is 0 Å². The van der Waals surface area contributed by atoms with Crippen LogP contribution in [0.3, 0.4) is 0 Å². The number of aliphatic hydroxyl groups is 2. The van der Waals surface area contributed by atoms with Crippen LogP contribution >= 0.6 is 0 Å². The van der Waals surface area contributed by atoms with E-state index in [1.54, 1.807) is 7.11 Å². The van der Waals surface area contributed by atoms with Gasteiger partial charge in [0.2, 0.25) is 0 Å². The van der Waals surface area contributed by atoms with Crippen molar-refractivity contribution in [2.75, 3.05) is 60.0 Å². The van der Waals surface area contributed by atoms with Crippen molar-refractivity contribution in [2.45, 2.75) is 44.2 Å². The summed E-state index contributed by atoms with van der Waals surface area (Å²) >= 11 is 0. The molecule has 2 fully saturated rings. The molecule has 0 aromatic heterocycles. The van der Waals surface area contributed by atoms with E-state index in [0.717, 1.165) is 60.4 Å². The topological polar surface area (TPSA) is 121 Å². The molecule has 62 heavy (non-hydrogen) atoms. The van der Waals surface area contributed by atoms with Crippen LogP contribution in [0, 0.1) is 6.92 Å². The molecule has 0 amide bonds. The number of methoxy groups -OCH3 is 1. The van der Waals surface area contributed by atoms with Gasteiger partial charge in [-0.3, -0.25) is 0 Å². The maximum Gasteiger partial charge on any atom is 0.122 e. The lowest BCUT2D eigenvalue weighted by Crippen LogP contribution is -2.25.